The number of nitrogens with one attached hydrogen (secondary N) is 1. The van der Waals surface area contributed by atoms with Crippen molar-refractivity contribution in [3.8, 4) is 0 Å². The topological polar surface area (TPSA) is 45.1 Å². The van der Waals surface area contributed by atoms with Gasteiger partial charge in [0.15, 0.2) is 0 Å². The number of halogens is 4. The standard InChI is InChI=1S/C14H12ClF3N2O/c15-11-6-10(14(16,17)18)7-19-13(11)20-12(8-21)9-4-2-1-3-5-9/h1-7,12,21H,8H2,(H,19,20)/t12-/m1/s1. The molecule has 0 saturated carbocycles. The number of pyridine rings is 1. The van der Waals surface area contributed by atoms with Crippen molar-refractivity contribution in [1.29, 1.82) is 0 Å². The quantitative estimate of drug-likeness (QED) is 0.899. The average molecular weight is 317 g/mol. The van der Waals surface area contributed by atoms with Crippen LogP contribution in [0.4, 0.5) is 19.0 Å². The summed E-state index contributed by atoms with van der Waals surface area (Å²) in [4.78, 5) is 3.68. The summed E-state index contributed by atoms with van der Waals surface area (Å²) < 4.78 is 37.6. The van der Waals surface area contributed by atoms with Crippen LogP contribution >= 0.6 is 11.6 Å². The SMILES string of the molecule is OC[C@@H](Nc1ncc(C(F)(F)F)cc1Cl)c1ccccc1. The fourth-order valence-corrected chi connectivity index (χ4v) is 2.00. The zero-order valence-electron chi connectivity index (χ0n) is 10.7. The molecule has 21 heavy (non-hydrogen) atoms. The summed E-state index contributed by atoms with van der Waals surface area (Å²) >= 11 is 5.82. The van der Waals surface area contributed by atoms with E-state index in [-0.39, 0.29) is 17.4 Å². The molecular weight excluding hydrogens is 305 g/mol. The van der Waals surface area contributed by atoms with Gasteiger partial charge in [0.25, 0.3) is 0 Å². The van der Waals surface area contributed by atoms with Gasteiger partial charge < -0.3 is 10.4 Å². The van der Waals surface area contributed by atoms with Crippen LogP contribution in [0.15, 0.2) is 42.6 Å². The van der Waals surface area contributed by atoms with Gasteiger partial charge in [-0.15, -0.1) is 0 Å². The lowest BCUT2D eigenvalue weighted by molar-refractivity contribution is -0.137. The van der Waals surface area contributed by atoms with Gasteiger partial charge in [-0.2, -0.15) is 13.2 Å². The molecule has 1 heterocycles. The number of anilines is 1. The number of nitrogens with zero attached hydrogens (tertiary/aromatic N) is 1. The summed E-state index contributed by atoms with van der Waals surface area (Å²) in [6.07, 6.45) is -3.79. The first kappa shape index (κ1) is 15.6. The van der Waals surface area contributed by atoms with Gasteiger partial charge in [0, 0.05) is 6.20 Å². The van der Waals surface area contributed by atoms with Gasteiger partial charge in [-0.3, -0.25) is 0 Å². The molecule has 0 aliphatic heterocycles. The molecule has 0 aliphatic carbocycles. The van der Waals surface area contributed by atoms with Crippen LogP contribution in [-0.2, 0) is 6.18 Å². The van der Waals surface area contributed by atoms with E-state index in [2.05, 4.69) is 10.3 Å². The van der Waals surface area contributed by atoms with Crippen molar-refractivity contribution in [3.63, 3.8) is 0 Å². The molecule has 0 unspecified atom stereocenters. The van der Waals surface area contributed by atoms with Gasteiger partial charge in [0.05, 0.1) is 23.2 Å². The maximum absolute atomic E-state index is 12.5. The van der Waals surface area contributed by atoms with Crippen molar-refractivity contribution >= 4 is 17.4 Å². The normalized spacial score (nSPS) is 13.0. The molecule has 0 saturated heterocycles. The molecule has 7 heteroatoms. The number of aromatic nitrogens is 1. The maximum Gasteiger partial charge on any atom is 0.417 e. The number of rotatable bonds is 4. The Hall–Kier alpha value is -1.79. The van der Waals surface area contributed by atoms with Gasteiger partial charge in [-0.25, -0.2) is 4.98 Å². The Balaban J connectivity index is 2.23. The fraction of sp³-hybridized carbons (Fsp3) is 0.214. The van der Waals surface area contributed by atoms with Gasteiger partial charge in [-0.1, -0.05) is 41.9 Å². The van der Waals surface area contributed by atoms with E-state index in [1.54, 1.807) is 24.3 Å². The highest BCUT2D eigenvalue weighted by atomic mass is 35.5. The predicted molar refractivity (Wildman–Crippen MR) is 74.1 cm³/mol. The van der Waals surface area contributed by atoms with Crippen LogP contribution in [0.2, 0.25) is 5.02 Å². The van der Waals surface area contributed by atoms with E-state index < -0.39 is 17.8 Å². The van der Waals surface area contributed by atoms with Crippen LogP contribution in [0.1, 0.15) is 17.2 Å². The highest BCUT2D eigenvalue weighted by Crippen LogP contribution is 2.33. The Bertz CT molecular complexity index is 605. The number of hydrogen-bond donors (Lipinski definition) is 2. The molecular formula is C14H12ClF3N2O. The van der Waals surface area contributed by atoms with E-state index in [9.17, 15) is 18.3 Å². The Kier molecular flexibility index (Phi) is 4.69. The molecule has 0 aliphatic rings. The number of alkyl halides is 3. The van der Waals surface area contributed by atoms with Crippen molar-refractivity contribution in [3.05, 3.63) is 58.7 Å². The molecule has 1 atom stereocenters. The third kappa shape index (κ3) is 3.86. The average Bonchev–Trinajstić information content (AvgIpc) is 2.46. The lowest BCUT2D eigenvalue weighted by atomic mass is 10.1. The van der Waals surface area contributed by atoms with Gasteiger partial charge in [-0.05, 0) is 11.6 Å². The highest BCUT2D eigenvalue weighted by molar-refractivity contribution is 6.33. The van der Waals surface area contributed by atoms with Crippen LogP contribution in [0.3, 0.4) is 0 Å². The monoisotopic (exact) mass is 316 g/mol. The second-order valence-electron chi connectivity index (χ2n) is 4.34. The predicted octanol–water partition coefficient (Wildman–Crippen LogP) is 3.90. The summed E-state index contributed by atoms with van der Waals surface area (Å²) in [5, 5.41) is 12.1. The zero-order chi connectivity index (χ0) is 15.5. The van der Waals surface area contributed by atoms with Crippen molar-refractivity contribution in [2.45, 2.75) is 12.2 Å². The number of benzene rings is 1. The van der Waals surface area contributed by atoms with Crippen LogP contribution in [0.25, 0.3) is 0 Å². The van der Waals surface area contributed by atoms with E-state index in [0.717, 1.165) is 11.6 Å². The van der Waals surface area contributed by atoms with E-state index in [1.807, 2.05) is 6.07 Å². The summed E-state index contributed by atoms with van der Waals surface area (Å²) in [5.41, 5.74) is -0.143. The molecule has 2 N–H and O–H groups in total. The Morgan fingerprint density at radius 3 is 2.43 bits per heavy atom. The Labute approximate surface area is 124 Å². The third-order valence-corrected chi connectivity index (χ3v) is 3.15. The Morgan fingerprint density at radius 1 is 1.24 bits per heavy atom. The molecule has 0 radical (unpaired) electrons. The summed E-state index contributed by atoms with van der Waals surface area (Å²) in [6.45, 7) is -0.247. The van der Waals surface area contributed by atoms with E-state index in [4.69, 9.17) is 11.6 Å². The lowest BCUT2D eigenvalue weighted by Crippen LogP contribution is -2.16. The minimum atomic E-state index is -4.50. The molecule has 0 spiro atoms. The van der Waals surface area contributed by atoms with Crippen LogP contribution in [0.5, 0.6) is 0 Å². The molecule has 1 aromatic heterocycles. The maximum atomic E-state index is 12.5. The second kappa shape index (κ2) is 6.32. The lowest BCUT2D eigenvalue weighted by Gasteiger charge is -2.18. The minimum absolute atomic E-state index is 0.0903. The third-order valence-electron chi connectivity index (χ3n) is 2.86. The summed E-state index contributed by atoms with van der Waals surface area (Å²) in [5.74, 6) is 0.0903. The molecule has 0 fully saturated rings. The van der Waals surface area contributed by atoms with Crippen LogP contribution < -0.4 is 5.32 Å². The molecule has 1 aromatic carbocycles. The minimum Gasteiger partial charge on any atom is -0.394 e. The Morgan fingerprint density at radius 2 is 1.90 bits per heavy atom. The van der Waals surface area contributed by atoms with Crippen LogP contribution in [0, 0.1) is 0 Å². The van der Waals surface area contributed by atoms with Crippen molar-refractivity contribution in [2.75, 3.05) is 11.9 Å². The number of aliphatic hydroxyl groups is 1. The highest BCUT2D eigenvalue weighted by Gasteiger charge is 2.31. The largest absolute Gasteiger partial charge is 0.417 e. The van der Waals surface area contributed by atoms with Crippen LogP contribution in [-0.4, -0.2) is 16.7 Å². The molecule has 0 amide bonds. The first-order valence-corrected chi connectivity index (χ1v) is 6.44. The van der Waals surface area contributed by atoms with Gasteiger partial charge in [0.2, 0.25) is 0 Å². The van der Waals surface area contributed by atoms with Crippen molar-refractivity contribution in [2.24, 2.45) is 0 Å². The molecule has 2 aromatic rings. The fourth-order valence-electron chi connectivity index (χ4n) is 1.78. The van der Waals surface area contributed by atoms with Gasteiger partial charge >= 0.3 is 6.18 Å². The first-order valence-electron chi connectivity index (χ1n) is 6.07. The van der Waals surface area contributed by atoms with E-state index >= 15 is 0 Å². The molecule has 112 valence electrons. The smallest absolute Gasteiger partial charge is 0.394 e. The second-order valence-corrected chi connectivity index (χ2v) is 4.75. The molecule has 0 bridgehead atoms. The molecule has 3 nitrogen and oxygen atoms in total. The number of aliphatic hydroxyl groups excluding tert-OH is 1. The van der Waals surface area contributed by atoms with E-state index in [1.165, 1.54) is 0 Å². The van der Waals surface area contributed by atoms with E-state index in [0.29, 0.717) is 6.20 Å². The van der Waals surface area contributed by atoms with Gasteiger partial charge in [0.1, 0.15) is 5.82 Å². The van der Waals surface area contributed by atoms with Crippen molar-refractivity contribution < 1.29 is 18.3 Å². The van der Waals surface area contributed by atoms with Crippen molar-refractivity contribution in [1.82, 2.24) is 4.98 Å². The summed E-state index contributed by atoms with van der Waals surface area (Å²) in [7, 11) is 0. The molecule has 2 rings (SSSR count). The first-order chi connectivity index (χ1) is 9.91. The number of hydrogen-bond acceptors (Lipinski definition) is 3. The zero-order valence-corrected chi connectivity index (χ0v) is 11.5. The summed E-state index contributed by atoms with van der Waals surface area (Å²) in [6, 6.07) is 9.27.